The van der Waals surface area contributed by atoms with Gasteiger partial charge >= 0.3 is 12.0 Å². The van der Waals surface area contributed by atoms with E-state index in [1.165, 1.54) is 6.92 Å². The molecule has 5 nitrogen and oxygen atoms in total. The van der Waals surface area contributed by atoms with Gasteiger partial charge in [-0.3, -0.25) is 4.79 Å². The molecule has 0 heterocycles. The van der Waals surface area contributed by atoms with Gasteiger partial charge in [0.05, 0.1) is 0 Å². The molecule has 1 rings (SSSR count). The van der Waals surface area contributed by atoms with Gasteiger partial charge in [-0.1, -0.05) is 0 Å². The topological polar surface area (TPSA) is 78.4 Å². The number of hydrogen-bond acceptors (Lipinski definition) is 2. The van der Waals surface area contributed by atoms with E-state index in [-0.39, 0.29) is 6.04 Å². The van der Waals surface area contributed by atoms with Crippen LogP contribution in [-0.4, -0.2) is 29.2 Å². The maximum absolute atomic E-state index is 11.2. The zero-order chi connectivity index (χ0) is 10.7. The van der Waals surface area contributed by atoms with E-state index in [2.05, 4.69) is 10.6 Å². The van der Waals surface area contributed by atoms with Gasteiger partial charge in [0.1, 0.15) is 6.04 Å². The number of carboxylic acid groups (broad SMARTS) is 1. The summed E-state index contributed by atoms with van der Waals surface area (Å²) in [6.07, 6.45) is 2.30. The molecule has 1 aliphatic carbocycles. The maximum Gasteiger partial charge on any atom is 0.325 e. The second kappa shape index (κ2) is 4.30. The van der Waals surface area contributed by atoms with Crippen LogP contribution in [0.5, 0.6) is 0 Å². The summed E-state index contributed by atoms with van der Waals surface area (Å²) < 4.78 is 0. The van der Waals surface area contributed by atoms with Crippen LogP contribution < -0.4 is 10.6 Å². The molecular weight excluding hydrogens is 184 g/mol. The highest BCUT2D eigenvalue weighted by atomic mass is 16.4. The van der Waals surface area contributed by atoms with Crippen LogP contribution in [0.25, 0.3) is 0 Å². The van der Waals surface area contributed by atoms with E-state index in [4.69, 9.17) is 5.11 Å². The molecule has 3 N–H and O–H groups in total. The van der Waals surface area contributed by atoms with Crippen molar-refractivity contribution < 1.29 is 14.7 Å². The van der Waals surface area contributed by atoms with Gasteiger partial charge in [-0.05, 0) is 32.6 Å². The fraction of sp³-hybridized carbons (Fsp3) is 0.778. The van der Waals surface area contributed by atoms with Crippen molar-refractivity contribution in [3.05, 3.63) is 0 Å². The Bertz CT molecular complexity index is 238. The van der Waals surface area contributed by atoms with Crippen molar-refractivity contribution >= 4 is 12.0 Å². The molecule has 80 valence electrons. The molecule has 5 heteroatoms. The molecule has 1 unspecified atom stereocenters. The van der Waals surface area contributed by atoms with Crippen LogP contribution in [0.4, 0.5) is 4.79 Å². The first-order valence-electron chi connectivity index (χ1n) is 4.80. The summed E-state index contributed by atoms with van der Waals surface area (Å²) >= 11 is 0. The standard InChI is InChI=1S/C9H16N2O3/c1-5(7-3-4-7)10-9(14)11-6(2)8(12)13/h5-7H,3-4H2,1-2H3,(H,12,13)(H2,10,11,14)/t5?,6-/m1/s1. The number of aliphatic carboxylic acids is 1. The van der Waals surface area contributed by atoms with Crippen LogP contribution in [0.3, 0.4) is 0 Å². The molecule has 2 amide bonds. The molecule has 2 atom stereocenters. The number of rotatable bonds is 4. The predicted molar refractivity (Wildman–Crippen MR) is 51.0 cm³/mol. The van der Waals surface area contributed by atoms with E-state index in [1.54, 1.807) is 0 Å². The van der Waals surface area contributed by atoms with Crippen LogP contribution in [0.15, 0.2) is 0 Å². The van der Waals surface area contributed by atoms with E-state index in [0.717, 1.165) is 12.8 Å². The first kappa shape index (κ1) is 10.8. The monoisotopic (exact) mass is 200 g/mol. The second-order valence-corrected chi connectivity index (χ2v) is 3.80. The number of urea groups is 1. The third-order valence-electron chi connectivity index (χ3n) is 2.41. The van der Waals surface area contributed by atoms with E-state index in [0.29, 0.717) is 5.92 Å². The van der Waals surface area contributed by atoms with Gasteiger partial charge in [-0.15, -0.1) is 0 Å². The summed E-state index contributed by atoms with van der Waals surface area (Å²) in [6.45, 7) is 3.37. The Labute approximate surface area is 82.9 Å². The second-order valence-electron chi connectivity index (χ2n) is 3.80. The minimum absolute atomic E-state index is 0.135. The fourth-order valence-corrected chi connectivity index (χ4v) is 1.22. The van der Waals surface area contributed by atoms with Crippen molar-refractivity contribution in [1.82, 2.24) is 10.6 Å². The molecule has 0 aromatic heterocycles. The number of carbonyl (C=O) groups is 2. The molecule has 0 spiro atoms. The van der Waals surface area contributed by atoms with Crippen molar-refractivity contribution in [2.24, 2.45) is 5.92 Å². The van der Waals surface area contributed by atoms with E-state index < -0.39 is 18.0 Å². The van der Waals surface area contributed by atoms with Crippen molar-refractivity contribution in [3.63, 3.8) is 0 Å². The Morgan fingerprint density at radius 2 is 1.86 bits per heavy atom. The Hall–Kier alpha value is -1.26. The number of hydrogen-bond donors (Lipinski definition) is 3. The SMILES string of the molecule is CC(NC(=O)N[C@H](C)C(=O)O)C1CC1. The zero-order valence-corrected chi connectivity index (χ0v) is 8.41. The van der Waals surface area contributed by atoms with Gasteiger partial charge in [0.2, 0.25) is 0 Å². The summed E-state index contributed by atoms with van der Waals surface area (Å²) in [4.78, 5) is 21.6. The molecule has 14 heavy (non-hydrogen) atoms. The number of carbonyl (C=O) groups excluding carboxylic acids is 1. The largest absolute Gasteiger partial charge is 0.480 e. The minimum Gasteiger partial charge on any atom is -0.480 e. The number of carboxylic acids is 1. The third kappa shape index (κ3) is 3.24. The Morgan fingerprint density at radius 3 is 2.29 bits per heavy atom. The van der Waals surface area contributed by atoms with Crippen molar-refractivity contribution in [2.45, 2.75) is 38.8 Å². The summed E-state index contributed by atoms with van der Waals surface area (Å²) in [6, 6.07) is -1.11. The average molecular weight is 200 g/mol. The highest BCUT2D eigenvalue weighted by Gasteiger charge is 2.29. The van der Waals surface area contributed by atoms with Gasteiger partial charge in [-0.2, -0.15) is 0 Å². The van der Waals surface area contributed by atoms with Crippen LogP contribution in [0.1, 0.15) is 26.7 Å². The van der Waals surface area contributed by atoms with Crippen LogP contribution >= 0.6 is 0 Å². The Kier molecular flexibility index (Phi) is 3.33. The molecule has 0 bridgehead atoms. The van der Waals surface area contributed by atoms with Crippen molar-refractivity contribution in [2.75, 3.05) is 0 Å². The minimum atomic E-state index is -1.03. The van der Waals surface area contributed by atoms with Crippen LogP contribution in [0.2, 0.25) is 0 Å². The molecule has 0 aromatic carbocycles. The lowest BCUT2D eigenvalue weighted by Gasteiger charge is -2.15. The Morgan fingerprint density at radius 1 is 1.29 bits per heavy atom. The third-order valence-corrected chi connectivity index (χ3v) is 2.41. The quantitative estimate of drug-likeness (QED) is 0.620. The van der Waals surface area contributed by atoms with Crippen LogP contribution in [-0.2, 0) is 4.79 Å². The van der Waals surface area contributed by atoms with Crippen LogP contribution in [0, 0.1) is 5.92 Å². The number of nitrogens with one attached hydrogen (secondary N) is 2. The lowest BCUT2D eigenvalue weighted by Crippen LogP contribution is -2.47. The molecular formula is C9H16N2O3. The molecule has 0 aliphatic heterocycles. The lowest BCUT2D eigenvalue weighted by atomic mass is 10.2. The van der Waals surface area contributed by atoms with Gasteiger partial charge in [0.15, 0.2) is 0 Å². The summed E-state index contributed by atoms with van der Waals surface area (Å²) in [5, 5.41) is 13.6. The summed E-state index contributed by atoms with van der Waals surface area (Å²) in [7, 11) is 0. The molecule has 1 fully saturated rings. The van der Waals surface area contributed by atoms with E-state index in [1.807, 2.05) is 6.92 Å². The van der Waals surface area contributed by atoms with E-state index in [9.17, 15) is 9.59 Å². The van der Waals surface area contributed by atoms with Gasteiger partial charge in [-0.25, -0.2) is 4.79 Å². The predicted octanol–water partition coefficient (Wildman–Crippen LogP) is 0.557. The normalized spacial score (nSPS) is 19.6. The summed E-state index contributed by atoms with van der Waals surface area (Å²) in [5.41, 5.74) is 0. The number of amides is 2. The highest BCUT2D eigenvalue weighted by Crippen LogP contribution is 2.32. The highest BCUT2D eigenvalue weighted by molar-refractivity contribution is 5.82. The molecule has 0 saturated heterocycles. The van der Waals surface area contributed by atoms with Gasteiger partial charge in [0, 0.05) is 6.04 Å². The fourth-order valence-electron chi connectivity index (χ4n) is 1.22. The molecule has 1 saturated carbocycles. The summed E-state index contributed by atoms with van der Waals surface area (Å²) in [5.74, 6) is -0.458. The Balaban J connectivity index is 2.24. The van der Waals surface area contributed by atoms with E-state index >= 15 is 0 Å². The maximum atomic E-state index is 11.2. The van der Waals surface area contributed by atoms with Crippen molar-refractivity contribution in [1.29, 1.82) is 0 Å². The molecule has 1 aliphatic rings. The first-order valence-corrected chi connectivity index (χ1v) is 4.80. The van der Waals surface area contributed by atoms with Crippen molar-refractivity contribution in [3.8, 4) is 0 Å². The molecule has 0 radical (unpaired) electrons. The van der Waals surface area contributed by atoms with Gasteiger partial charge in [0.25, 0.3) is 0 Å². The first-order chi connectivity index (χ1) is 6.50. The zero-order valence-electron chi connectivity index (χ0n) is 8.41. The average Bonchev–Trinajstić information content (AvgIpc) is 2.85. The van der Waals surface area contributed by atoms with Gasteiger partial charge < -0.3 is 15.7 Å². The molecule has 0 aromatic rings. The lowest BCUT2D eigenvalue weighted by molar-refractivity contribution is -0.138. The smallest absolute Gasteiger partial charge is 0.325 e.